The van der Waals surface area contributed by atoms with Gasteiger partial charge in [0, 0.05) is 30.7 Å². The molecule has 0 saturated carbocycles. The van der Waals surface area contributed by atoms with E-state index in [1.165, 1.54) is 19.4 Å². The maximum atomic E-state index is 4.44. The van der Waals surface area contributed by atoms with E-state index in [4.69, 9.17) is 0 Å². The normalized spacial score (nSPS) is 19.4. The summed E-state index contributed by atoms with van der Waals surface area (Å²) < 4.78 is 2.10. The Morgan fingerprint density at radius 2 is 2.15 bits per heavy atom. The van der Waals surface area contributed by atoms with Crippen LogP contribution in [0.4, 0.5) is 5.95 Å². The van der Waals surface area contributed by atoms with Gasteiger partial charge in [-0.05, 0) is 38.1 Å². The van der Waals surface area contributed by atoms with Gasteiger partial charge in [0.15, 0.2) is 0 Å². The molecule has 0 bridgehead atoms. The SMILES string of the molecule is CCN1CCCC1CNc1nccn1-c1ccccc1. The van der Waals surface area contributed by atoms with Gasteiger partial charge in [0.2, 0.25) is 5.95 Å². The van der Waals surface area contributed by atoms with Crippen molar-refractivity contribution in [3.63, 3.8) is 0 Å². The lowest BCUT2D eigenvalue weighted by atomic mass is 10.2. The van der Waals surface area contributed by atoms with Crippen molar-refractivity contribution < 1.29 is 0 Å². The third-order valence-corrected chi connectivity index (χ3v) is 4.08. The summed E-state index contributed by atoms with van der Waals surface area (Å²) in [7, 11) is 0. The average molecular weight is 270 g/mol. The lowest BCUT2D eigenvalue weighted by Crippen LogP contribution is -2.35. The monoisotopic (exact) mass is 270 g/mol. The van der Waals surface area contributed by atoms with E-state index in [2.05, 4.69) is 51.0 Å². The molecular formula is C16H22N4. The van der Waals surface area contributed by atoms with E-state index in [0.29, 0.717) is 6.04 Å². The van der Waals surface area contributed by atoms with Crippen LogP contribution in [0.25, 0.3) is 5.69 Å². The minimum Gasteiger partial charge on any atom is -0.354 e. The smallest absolute Gasteiger partial charge is 0.207 e. The Morgan fingerprint density at radius 3 is 2.95 bits per heavy atom. The van der Waals surface area contributed by atoms with Gasteiger partial charge in [0.05, 0.1) is 0 Å². The van der Waals surface area contributed by atoms with E-state index >= 15 is 0 Å². The largest absolute Gasteiger partial charge is 0.354 e. The third kappa shape index (κ3) is 2.70. The summed E-state index contributed by atoms with van der Waals surface area (Å²) in [6, 6.07) is 11.0. The molecule has 0 spiro atoms. The van der Waals surface area contributed by atoms with Gasteiger partial charge in [-0.25, -0.2) is 4.98 Å². The zero-order chi connectivity index (χ0) is 13.8. The van der Waals surface area contributed by atoms with E-state index in [0.717, 1.165) is 24.7 Å². The van der Waals surface area contributed by atoms with Gasteiger partial charge >= 0.3 is 0 Å². The summed E-state index contributed by atoms with van der Waals surface area (Å²) in [4.78, 5) is 6.98. The molecule has 1 unspecified atom stereocenters. The topological polar surface area (TPSA) is 33.1 Å². The Balaban J connectivity index is 1.68. The fraction of sp³-hybridized carbons (Fsp3) is 0.438. The fourth-order valence-corrected chi connectivity index (χ4v) is 2.98. The summed E-state index contributed by atoms with van der Waals surface area (Å²) in [6.45, 7) is 5.58. The first-order valence-electron chi connectivity index (χ1n) is 7.45. The van der Waals surface area contributed by atoms with Crippen molar-refractivity contribution in [2.45, 2.75) is 25.8 Å². The van der Waals surface area contributed by atoms with Crippen LogP contribution < -0.4 is 5.32 Å². The van der Waals surface area contributed by atoms with Gasteiger partial charge in [0.1, 0.15) is 0 Å². The summed E-state index contributed by atoms with van der Waals surface area (Å²) in [5.41, 5.74) is 1.14. The van der Waals surface area contributed by atoms with Crippen LogP contribution in [0, 0.1) is 0 Å². The zero-order valence-corrected chi connectivity index (χ0v) is 12.0. The molecule has 4 heteroatoms. The number of para-hydroxylation sites is 1. The van der Waals surface area contributed by atoms with Gasteiger partial charge < -0.3 is 5.32 Å². The summed E-state index contributed by atoms with van der Waals surface area (Å²) in [5.74, 6) is 0.930. The highest BCUT2D eigenvalue weighted by atomic mass is 15.2. The highest BCUT2D eigenvalue weighted by Crippen LogP contribution is 2.18. The minimum absolute atomic E-state index is 0.640. The number of anilines is 1. The summed E-state index contributed by atoms with van der Waals surface area (Å²) in [5, 5.41) is 3.51. The van der Waals surface area contributed by atoms with Crippen molar-refractivity contribution in [1.82, 2.24) is 14.5 Å². The Morgan fingerprint density at radius 1 is 1.30 bits per heavy atom. The van der Waals surface area contributed by atoms with E-state index in [1.54, 1.807) is 0 Å². The van der Waals surface area contributed by atoms with Crippen LogP contribution in [0.3, 0.4) is 0 Å². The van der Waals surface area contributed by atoms with Gasteiger partial charge in [-0.1, -0.05) is 25.1 Å². The Labute approximate surface area is 120 Å². The van der Waals surface area contributed by atoms with Crippen molar-refractivity contribution in [3.05, 3.63) is 42.7 Å². The summed E-state index contributed by atoms with van der Waals surface area (Å²) in [6.07, 6.45) is 6.45. The number of hydrogen-bond acceptors (Lipinski definition) is 3. The Bertz CT molecular complexity index is 534. The number of benzene rings is 1. The maximum absolute atomic E-state index is 4.44. The quantitative estimate of drug-likeness (QED) is 0.907. The van der Waals surface area contributed by atoms with Crippen molar-refractivity contribution in [2.24, 2.45) is 0 Å². The van der Waals surface area contributed by atoms with Crippen LogP contribution in [0.15, 0.2) is 42.7 Å². The van der Waals surface area contributed by atoms with E-state index in [-0.39, 0.29) is 0 Å². The molecule has 106 valence electrons. The first-order valence-corrected chi connectivity index (χ1v) is 7.45. The van der Waals surface area contributed by atoms with Crippen molar-refractivity contribution >= 4 is 5.95 Å². The van der Waals surface area contributed by atoms with Crippen LogP contribution in [0.1, 0.15) is 19.8 Å². The molecule has 3 rings (SSSR count). The number of nitrogens with one attached hydrogen (secondary N) is 1. The predicted molar refractivity (Wildman–Crippen MR) is 82.3 cm³/mol. The molecule has 1 aliphatic heterocycles. The highest BCUT2D eigenvalue weighted by molar-refractivity contribution is 5.41. The number of aromatic nitrogens is 2. The maximum Gasteiger partial charge on any atom is 0.207 e. The number of nitrogens with zero attached hydrogens (tertiary/aromatic N) is 3. The summed E-state index contributed by atoms with van der Waals surface area (Å²) >= 11 is 0. The lowest BCUT2D eigenvalue weighted by Gasteiger charge is -2.23. The van der Waals surface area contributed by atoms with Gasteiger partial charge in [-0.15, -0.1) is 0 Å². The highest BCUT2D eigenvalue weighted by Gasteiger charge is 2.22. The van der Waals surface area contributed by atoms with E-state index in [1.807, 2.05) is 18.5 Å². The predicted octanol–water partition coefficient (Wildman–Crippen LogP) is 2.77. The molecule has 1 aromatic carbocycles. The average Bonchev–Trinajstić information content (AvgIpc) is 3.14. The Kier molecular flexibility index (Phi) is 4.02. The van der Waals surface area contributed by atoms with Crippen LogP contribution in [0.5, 0.6) is 0 Å². The molecule has 1 N–H and O–H groups in total. The van der Waals surface area contributed by atoms with Crippen molar-refractivity contribution in [2.75, 3.05) is 25.0 Å². The zero-order valence-electron chi connectivity index (χ0n) is 12.0. The molecule has 4 nitrogen and oxygen atoms in total. The number of hydrogen-bond donors (Lipinski definition) is 1. The van der Waals surface area contributed by atoms with Crippen LogP contribution in [-0.2, 0) is 0 Å². The number of rotatable bonds is 5. The Hall–Kier alpha value is -1.81. The molecule has 0 aliphatic carbocycles. The lowest BCUT2D eigenvalue weighted by molar-refractivity contribution is 0.276. The standard InChI is InChI=1S/C16H22N4/c1-2-19-11-6-9-15(19)13-18-16-17-10-12-20(16)14-7-4-3-5-8-14/h3-5,7-8,10,12,15H,2,6,9,11,13H2,1H3,(H,17,18). The van der Waals surface area contributed by atoms with Gasteiger partial charge in [0.25, 0.3) is 0 Å². The van der Waals surface area contributed by atoms with Crippen molar-refractivity contribution in [3.8, 4) is 5.69 Å². The van der Waals surface area contributed by atoms with Crippen molar-refractivity contribution in [1.29, 1.82) is 0 Å². The molecule has 1 aliphatic rings. The second-order valence-electron chi connectivity index (χ2n) is 5.26. The van der Waals surface area contributed by atoms with E-state index in [9.17, 15) is 0 Å². The first-order chi connectivity index (χ1) is 9.88. The van der Waals surface area contributed by atoms with Gasteiger partial charge in [-0.2, -0.15) is 0 Å². The molecule has 1 saturated heterocycles. The number of likely N-dealkylation sites (N-methyl/N-ethyl adjacent to an activating group) is 1. The molecule has 2 aromatic rings. The fourth-order valence-electron chi connectivity index (χ4n) is 2.98. The molecule has 1 aromatic heterocycles. The minimum atomic E-state index is 0.640. The molecule has 1 fully saturated rings. The number of imidazole rings is 1. The third-order valence-electron chi connectivity index (χ3n) is 4.08. The molecular weight excluding hydrogens is 248 g/mol. The molecule has 20 heavy (non-hydrogen) atoms. The second kappa shape index (κ2) is 6.09. The molecule has 1 atom stereocenters. The molecule has 0 amide bonds. The first kappa shape index (κ1) is 13.2. The van der Waals surface area contributed by atoms with E-state index < -0.39 is 0 Å². The van der Waals surface area contributed by atoms with Crippen LogP contribution >= 0.6 is 0 Å². The van der Waals surface area contributed by atoms with Gasteiger partial charge in [-0.3, -0.25) is 9.47 Å². The molecule has 0 radical (unpaired) electrons. The number of likely N-dealkylation sites (tertiary alicyclic amines) is 1. The molecule has 2 heterocycles. The van der Waals surface area contributed by atoms with Crippen LogP contribution in [-0.4, -0.2) is 40.1 Å². The second-order valence-corrected chi connectivity index (χ2v) is 5.26. The van der Waals surface area contributed by atoms with Crippen LogP contribution in [0.2, 0.25) is 0 Å².